The van der Waals surface area contributed by atoms with Gasteiger partial charge in [-0.1, -0.05) is 25.1 Å². The van der Waals surface area contributed by atoms with E-state index >= 15 is 0 Å². The van der Waals surface area contributed by atoms with Gasteiger partial charge >= 0.3 is 0 Å². The molecule has 1 N–H and O–H groups in total. The van der Waals surface area contributed by atoms with E-state index in [1.54, 1.807) is 0 Å². The maximum Gasteiger partial charge on any atom is 0.119 e. The lowest BCUT2D eigenvalue weighted by Gasteiger charge is -2.15. The van der Waals surface area contributed by atoms with Crippen LogP contribution in [0.5, 0.6) is 5.75 Å². The van der Waals surface area contributed by atoms with Crippen LogP contribution >= 0.6 is 0 Å². The first-order chi connectivity index (χ1) is 7.90. The van der Waals surface area contributed by atoms with Gasteiger partial charge in [-0.05, 0) is 42.7 Å². The zero-order valence-corrected chi connectivity index (χ0v) is 9.83. The van der Waals surface area contributed by atoms with Gasteiger partial charge in [0.05, 0.1) is 6.61 Å². The SMILES string of the molecule is CCCOc1cccc(C2=CCNCC2)c1. The van der Waals surface area contributed by atoms with Crippen molar-refractivity contribution >= 4 is 5.57 Å². The van der Waals surface area contributed by atoms with Crippen molar-refractivity contribution < 1.29 is 4.74 Å². The van der Waals surface area contributed by atoms with Gasteiger partial charge in [0.15, 0.2) is 0 Å². The second-order valence-corrected chi connectivity index (χ2v) is 4.06. The predicted octanol–water partition coefficient (Wildman–Crippen LogP) is 2.85. The molecule has 1 aromatic rings. The molecular formula is C14H19NO. The second-order valence-electron chi connectivity index (χ2n) is 4.06. The highest BCUT2D eigenvalue weighted by molar-refractivity contribution is 5.67. The Bertz CT molecular complexity index is 371. The van der Waals surface area contributed by atoms with Gasteiger partial charge in [-0.15, -0.1) is 0 Å². The van der Waals surface area contributed by atoms with Crippen LogP contribution in [-0.2, 0) is 0 Å². The van der Waals surface area contributed by atoms with E-state index in [1.807, 2.05) is 6.07 Å². The Morgan fingerprint density at radius 1 is 1.38 bits per heavy atom. The van der Waals surface area contributed by atoms with Crippen molar-refractivity contribution in [1.29, 1.82) is 0 Å². The van der Waals surface area contributed by atoms with Crippen molar-refractivity contribution in [2.45, 2.75) is 19.8 Å². The minimum Gasteiger partial charge on any atom is -0.494 e. The zero-order valence-electron chi connectivity index (χ0n) is 9.83. The predicted molar refractivity (Wildman–Crippen MR) is 67.7 cm³/mol. The van der Waals surface area contributed by atoms with Crippen molar-refractivity contribution in [2.75, 3.05) is 19.7 Å². The molecule has 0 bridgehead atoms. The van der Waals surface area contributed by atoms with Gasteiger partial charge in [-0.3, -0.25) is 0 Å². The van der Waals surface area contributed by atoms with E-state index in [1.165, 1.54) is 11.1 Å². The molecule has 0 radical (unpaired) electrons. The van der Waals surface area contributed by atoms with Crippen LogP contribution in [0.2, 0.25) is 0 Å². The van der Waals surface area contributed by atoms with Gasteiger partial charge in [0, 0.05) is 6.54 Å². The summed E-state index contributed by atoms with van der Waals surface area (Å²) >= 11 is 0. The smallest absolute Gasteiger partial charge is 0.119 e. The lowest BCUT2D eigenvalue weighted by molar-refractivity contribution is 0.317. The third-order valence-electron chi connectivity index (χ3n) is 2.74. The molecule has 86 valence electrons. The Labute approximate surface area is 97.3 Å². The molecule has 1 aromatic carbocycles. The molecule has 2 nitrogen and oxygen atoms in total. The van der Waals surface area contributed by atoms with Crippen LogP contribution in [0.1, 0.15) is 25.3 Å². The van der Waals surface area contributed by atoms with E-state index in [0.29, 0.717) is 0 Å². The molecule has 1 aliphatic heterocycles. The number of nitrogens with one attached hydrogen (secondary N) is 1. The van der Waals surface area contributed by atoms with E-state index in [-0.39, 0.29) is 0 Å². The lowest BCUT2D eigenvalue weighted by atomic mass is 10.0. The topological polar surface area (TPSA) is 21.3 Å². The van der Waals surface area contributed by atoms with Crippen LogP contribution in [0.4, 0.5) is 0 Å². The Balaban J connectivity index is 2.11. The fraction of sp³-hybridized carbons (Fsp3) is 0.429. The quantitative estimate of drug-likeness (QED) is 0.837. The first-order valence-electron chi connectivity index (χ1n) is 6.03. The standard InChI is InChI=1S/C14H19NO/c1-2-10-16-14-5-3-4-13(11-14)12-6-8-15-9-7-12/h3-6,11,15H,2,7-10H2,1H3. The zero-order chi connectivity index (χ0) is 11.2. The minimum atomic E-state index is 0.796. The molecular weight excluding hydrogens is 198 g/mol. The number of hydrogen-bond acceptors (Lipinski definition) is 2. The highest BCUT2D eigenvalue weighted by Crippen LogP contribution is 2.23. The third-order valence-corrected chi connectivity index (χ3v) is 2.74. The molecule has 2 rings (SSSR count). The van der Waals surface area contributed by atoms with Crippen LogP contribution < -0.4 is 10.1 Å². The first kappa shape index (κ1) is 11.2. The molecule has 0 saturated heterocycles. The first-order valence-corrected chi connectivity index (χ1v) is 6.03. The summed E-state index contributed by atoms with van der Waals surface area (Å²) in [6, 6.07) is 8.41. The van der Waals surface area contributed by atoms with Gasteiger partial charge in [0.25, 0.3) is 0 Å². The summed E-state index contributed by atoms with van der Waals surface area (Å²) in [7, 11) is 0. The minimum absolute atomic E-state index is 0.796. The molecule has 0 aliphatic carbocycles. The summed E-state index contributed by atoms with van der Waals surface area (Å²) in [4.78, 5) is 0. The summed E-state index contributed by atoms with van der Waals surface area (Å²) in [5.41, 5.74) is 2.73. The van der Waals surface area contributed by atoms with Crippen molar-refractivity contribution in [2.24, 2.45) is 0 Å². The van der Waals surface area contributed by atoms with E-state index < -0.39 is 0 Å². The highest BCUT2D eigenvalue weighted by atomic mass is 16.5. The van der Waals surface area contributed by atoms with E-state index in [4.69, 9.17) is 4.74 Å². The van der Waals surface area contributed by atoms with Crippen LogP contribution in [0.25, 0.3) is 5.57 Å². The third kappa shape index (κ3) is 2.86. The summed E-state index contributed by atoms with van der Waals surface area (Å²) in [5.74, 6) is 0.985. The maximum atomic E-state index is 5.64. The fourth-order valence-corrected chi connectivity index (χ4v) is 1.89. The van der Waals surface area contributed by atoms with Gasteiger partial charge in [0.2, 0.25) is 0 Å². The van der Waals surface area contributed by atoms with Gasteiger partial charge in [0.1, 0.15) is 5.75 Å². The largest absolute Gasteiger partial charge is 0.494 e. The fourth-order valence-electron chi connectivity index (χ4n) is 1.89. The maximum absolute atomic E-state index is 5.64. The van der Waals surface area contributed by atoms with Gasteiger partial charge in [-0.2, -0.15) is 0 Å². The average molecular weight is 217 g/mol. The molecule has 0 unspecified atom stereocenters. The van der Waals surface area contributed by atoms with Crippen LogP contribution in [0.3, 0.4) is 0 Å². The molecule has 0 fully saturated rings. The molecule has 0 atom stereocenters. The molecule has 0 amide bonds. The number of hydrogen-bond donors (Lipinski definition) is 1. The second kappa shape index (κ2) is 5.71. The molecule has 1 aliphatic rings. The molecule has 2 heteroatoms. The average Bonchev–Trinajstić information content (AvgIpc) is 2.38. The Morgan fingerprint density at radius 2 is 2.31 bits per heavy atom. The highest BCUT2D eigenvalue weighted by Gasteiger charge is 2.06. The summed E-state index contributed by atoms with van der Waals surface area (Å²) in [6.45, 7) is 4.98. The Kier molecular flexibility index (Phi) is 4.00. The number of ether oxygens (including phenoxy) is 1. The van der Waals surface area contributed by atoms with E-state index in [0.717, 1.165) is 38.3 Å². The summed E-state index contributed by atoms with van der Waals surface area (Å²) in [6.07, 6.45) is 4.43. The van der Waals surface area contributed by atoms with E-state index in [9.17, 15) is 0 Å². The molecule has 16 heavy (non-hydrogen) atoms. The lowest BCUT2D eigenvalue weighted by Crippen LogP contribution is -2.19. The van der Waals surface area contributed by atoms with Crippen molar-refractivity contribution in [3.05, 3.63) is 35.9 Å². The number of benzene rings is 1. The van der Waals surface area contributed by atoms with Crippen molar-refractivity contribution in [3.63, 3.8) is 0 Å². The van der Waals surface area contributed by atoms with Gasteiger partial charge in [-0.25, -0.2) is 0 Å². The monoisotopic (exact) mass is 217 g/mol. The van der Waals surface area contributed by atoms with Gasteiger partial charge < -0.3 is 10.1 Å². The van der Waals surface area contributed by atoms with E-state index in [2.05, 4.69) is 36.5 Å². The molecule has 1 heterocycles. The van der Waals surface area contributed by atoms with Crippen LogP contribution in [0, 0.1) is 0 Å². The summed E-state index contributed by atoms with van der Waals surface area (Å²) in [5, 5.41) is 3.33. The Hall–Kier alpha value is -1.28. The Morgan fingerprint density at radius 3 is 3.06 bits per heavy atom. The summed E-state index contributed by atoms with van der Waals surface area (Å²) < 4.78 is 5.64. The molecule has 0 aromatic heterocycles. The molecule has 0 saturated carbocycles. The number of rotatable bonds is 4. The molecule has 0 spiro atoms. The van der Waals surface area contributed by atoms with Crippen LogP contribution in [-0.4, -0.2) is 19.7 Å². The van der Waals surface area contributed by atoms with Crippen molar-refractivity contribution in [1.82, 2.24) is 5.32 Å². The van der Waals surface area contributed by atoms with Crippen molar-refractivity contribution in [3.8, 4) is 5.75 Å². The normalized spacial score (nSPS) is 15.7. The van der Waals surface area contributed by atoms with Crippen LogP contribution in [0.15, 0.2) is 30.3 Å².